The van der Waals surface area contributed by atoms with Crippen molar-refractivity contribution in [1.82, 2.24) is 15.0 Å². The number of benzene rings is 21. The maximum atomic E-state index is 5.22. The van der Waals surface area contributed by atoms with Gasteiger partial charge in [-0.25, -0.2) is 15.0 Å². The predicted molar refractivity (Wildman–Crippen MR) is 600 cm³/mol. The number of fused-ring (bicyclic) bond motifs is 10. The Bertz CT molecular complexity index is 8540. The van der Waals surface area contributed by atoms with E-state index in [1.165, 1.54) is 152 Å². The van der Waals surface area contributed by atoms with Gasteiger partial charge in [-0.1, -0.05) is 504 Å². The summed E-state index contributed by atoms with van der Waals surface area (Å²) < 4.78 is 0. The second kappa shape index (κ2) is 38.2. The third-order valence-electron chi connectivity index (χ3n) is 26.3. The van der Waals surface area contributed by atoms with Crippen LogP contribution in [0.25, 0.3) is 165 Å². The molecular weight excluding hydrogens is 1750 g/mol. The van der Waals surface area contributed by atoms with Gasteiger partial charge in [0.05, 0.1) is 33.6 Å². The molecule has 0 aliphatic heterocycles. The molecule has 0 amide bonds. The van der Waals surface area contributed by atoms with Gasteiger partial charge in [-0.05, 0) is 164 Å². The number of pyridine rings is 3. The Morgan fingerprint density at radius 3 is 0.654 bits per heavy atom. The van der Waals surface area contributed by atoms with E-state index in [9.17, 15) is 0 Å². The van der Waals surface area contributed by atoms with E-state index in [1.807, 2.05) is 0 Å². The molecule has 0 aliphatic rings. The molecule has 0 N–H and O–H groups in total. The summed E-state index contributed by atoms with van der Waals surface area (Å²) in [5.41, 5.74) is 21.5. The third-order valence-corrected chi connectivity index (χ3v) is 42.9. The zero-order chi connectivity index (χ0) is 91.4. The van der Waals surface area contributed by atoms with E-state index in [2.05, 4.69) is 559 Å². The molecule has 136 heavy (non-hydrogen) atoms. The minimum absolute atomic E-state index is 1.01. The number of aromatic nitrogens is 3. The first-order valence-corrected chi connectivity index (χ1v) is 55.3. The van der Waals surface area contributed by atoms with Gasteiger partial charge in [-0.15, -0.1) is 25.6 Å². The van der Waals surface area contributed by atoms with Gasteiger partial charge in [0.1, 0.15) is 0 Å². The van der Waals surface area contributed by atoms with Gasteiger partial charge >= 0.3 is 0 Å². The Kier molecular flexibility index (Phi) is 24.3. The zero-order valence-electron chi connectivity index (χ0n) is 74.5. The highest BCUT2D eigenvalue weighted by molar-refractivity contribution is 8.14. The zero-order valence-corrected chi connectivity index (χ0v) is 80.2. The molecule has 0 saturated heterocycles. The summed E-state index contributed by atoms with van der Waals surface area (Å²) in [6.45, 7) is -5.94. The summed E-state index contributed by atoms with van der Waals surface area (Å²) in [7, 11) is 13.1. The smallest absolute Gasteiger partial charge is 0.0788 e. The van der Waals surface area contributed by atoms with E-state index in [-0.39, 0.29) is 0 Å². The Morgan fingerprint density at radius 1 is 0.140 bits per heavy atom. The molecule has 0 aliphatic carbocycles. The molecule has 3 aromatic heterocycles. The minimum atomic E-state index is -1.99. The molecule has 0 atom stereocenters. The van der Waals surface area contributed by atoms with Crippen LogP contribution in [-0.4, -0.2) is 15.0 Å². The van der Waals surface area contributed by atoms with Crippen LogP contribution in [0, 0.1) is 0 Å². The van der Waals surface area contributed by atoms with Crippen molar-refractivity contribution in [1.29, 1.82) is 0 Å². The molecule has 21 aromatic carbocycles. The Morgan fingerprint density at radius 2 is 0.346 bits per heavy atom. The summed E-state index contributed by atoms with van der Waals surface area (Å²) >= 11 is 0. The maximum absolute atomic E-state index is 5.22. The van der Waals surface area contributed by atoms with Crippen molar-refractivity contribution in [2.45, 2.75) is 0 Å². The summed E-state index contributed by atoms with van der Waals surface area (Å²) in [6.07, 6.45) is 0. The van der Waals surface area contributed by atoms with Crippen LogP contribution in [0.1, 0.15) is 0 Å². The standard InChI is InChI=1S/C47H33NP2.C43H31NP2.C37H27NP2/c49-50(39-15-6-2-7-16-39,40-17-8-3-9-18-40)41-30-29-37-31-36(27-28-38(37)32-41)33-23-25-35(26-24-33)47-44-21-12-20-42(34-13-4-1-5-14-34)46(44)43-19-10-11-22-45(43)48-47;45-46(35-15-6-2-7-16-35,36-17-8-3-9-18-36)37-29-27-32(28-30-37)31-23-25-34(26-24-31)43-40-21-12-20-38(33-13-4-1-5-14-33)42(40)39-19-10-11-22-41(39)44-43;39-40(29-15-6-2-7-16-29,30-17-8-3-9-18-30)31-25-23-28(24-26-31)37-34-21-12-20-32(27-13-4-1-5-14-27)36(34)33-19-10-11-22-35(33)38-37/h1-32,49H;1-30,45H;1-26,39H. The first-order valence-electron chi connectivity index (χ1n) is 45.9. The largest absolute Gasteiger partial charge is 0.247 e. The Labute approximate surface area is 800 Å². The van der Waals surface area contributed by atoms with Crippen molar-refractivity contribution >= 4 is 169 Å². The van der Waals surface area contributed by atoms with Gasteiger partial charge in [-0.2, -0.15) is 0 Å². The normalized spacial score (nSPS) is 11.6. The lowest BCUT2D eigenvalue weighted by Crippen LogP contribution is -2.23. The highest BCUT2D eigenvalue weighted by atomic mass is 31.8. The summed E-state index contributed by atoms with van der Waals surface area (Å²) in [5.74, 6) is 0. The van der Waals surface area contributed by atoms with Crippen LogP contribution in [0.2, 0.25) is 0 Å². The molecule has 0 bridgehead atoms. The van der Waals surface area contributed by atoms with Crippen LogP contribution >= 0.6 is 45.2 Å². The van der Waals surface area contributed by atoms with Gasteiger partial charge in [0, 0.05) is 65.2 Å². The predicted octanol–water partition coefficient (Wildman–Crippen LogP) is 31.7. The molecule has 0 radical (unpaired) electrons. The van der Waals surface area contributed by atoms with Crippen LogP contribution in [0.4, 0.5) is 0 Å². The quantitative estimate of drug-likeness (QED) is 0.0674. The van der Waals surface area contributed by atoms with Crippen molar-refractivity contribution in [2.24, 2.45) is 0 Å². The minimum Gasteiger partial charge on any atom is -0.247 e. The first-order chi connectivity index (χ1) is 67.1. The first kappa shape index (κ1) is 86.5. The maximum Gasteiger partial charge on any atom is 0.0788 e. The number of rotatable bonds is 17. The van der Waals surface area contributed by atoms with Gasteiger partial charge in [-0.3, -0.25) is 0 Å². The van der Waals surface area contributed by atoms with Crippen molar-refractivity contribution in [3.05, 3.63) is 534 Å². The van der Waals surface area contributed by atoms with E-state index in [1.54, 1.807) is 0 Å². The SMILES string of the molecule is P=P(c1ccccc1)(c1ccccc1)c1ccc(-c2ccc(-c3nc4ccccc4c4c(-c5ccccc5)cccc34)cc2)cc1.P=P(c1ccccc1)(c1ccccc1)c1ccc(-c2nc3ccccc3c3c(-c4ccccc4)cccc23)cc1.P=P(c1ccccc1)(c1ccccc1)c1ccc2cc(-c3ccc(-c4nc5ccccc5c5c(-c6ccccc6)cccc45)cc3)ccc2c1. The van der Waals surface area contributed by atoms with Crippen molar-refractivity contribution in [3.63, 3.8) is 0 Å². The summed E-state index contributed by atoms with van der Waals surface area (Å²) in [6, 6.07) is 192. The van der Waals surface area contributed by atoms with Crippen LogP contribution < -0.4 is 47.7 Å². The topological polar surface area (TPSA) is 38.7 Å². The van der Waals surface area contributed by atoms with Gasteiger partial charge in [0.15, 0.2) is 0 Å². The lowest BCUT2D eigenvalue weighted by molar-refractivity contribution is 1.43. The average molecular weight is 1840 g/mol. The van der Waals surface area contributed by atoms with Crippen molar-refractivity contribution in [2.75, 3.05) is 0 Å². The lowest BCUT2D eigenvalue weighted by atomic mass is 9.92. The highest BCUT2D eigenvalue weighted by Crippen LogP contribution is 2.53. The van der Waals surface area contributed by atoms with E-state index < -0.39 is 19.6 Å². The van der Waals surface area contributed by atoms with Gasteiger partial charge in [0.2, 0.25) is 0 Å². The van der Waals surface area contributed by atoms with E-state index in [0.29, 0.717) is 0 Å². The summed E-state index contributed by atoms with van der Waals surface area (Å²) in [5, 5.41) is 24.9. The molecule has 0 fully saturated rings. The third kappa shape index (κ3) is 16.6. The van der Waals surface area contributed by atoms with Crippen LogP contribution in [0.15, 0.2) is 534 Å². The number of para-hydroxylation sites is 3. The molecule has 24 rings (SSSR count). The second-order valence-electron chi connectivity index (χ2n) is 34.2. The molecule has 0 unspecified atom stereocenters. The molecule has 24 aromatic rings. The van der Waals surface area contributed by atoms with Crippen LogP contribution in [-0.2, 0) is 0 Å². The van der Waals surface area contributed by atoms with Crippen LogP contribution in [0.3, 0.4) is 0 Å². The Hall–Kier alpha value is -14.9. The molecule has 0 saturated carbocycles. The average Bonchev–Trinajstić information content (AvgIpc) is 0.863. The Balaban J connectivity index is 0.000000119. The van der Waals surface area contributed by atoms with E-state index in [0.717, 1.165) is 61.1 Å². The lowest BCUT2D eigenvalue weighted by Gasteiger charge is -2.26. The molecular formula is C127H91N3P6. The van der Waals surface area contributed by atoms with Gasteiger partial charge in [0.25, 0.3) is 0 Å². The monoisotopic (exact) mass is 1840 g/mol. The molecule has 0 spiro atoms. The fourth-order valence-corrected chi connectivity index (χ4v) is 31.7. The van der Waals surface area contributed by atoms with Gasteiger partial charge < -0.3 is 0 Å². The number of hydrogen-bond donors (Lipinski definition) is 0. The van der Waals surface area contributed by atoms with E-state index in [4.69, 9.17) is 15.0 Å². The van der Waals surface area contributed by atoms with Crippen molar-refractivity contribution < 1.29 is 0 Å². The van der Waals surface area contributed by atoms with E-state index >= 15 is 0 Å². The van der Waals surface area contributed by atoms with Crippen molar-refractivity contribution in [3.8, 4) is 89.4 Å². The fraction of sp³-hybridized carbons (Fsp3) is 0. The fourth-order valence-electron chi connectivity index (χ4n) is 19.5. The van der Waals surface area contributed by atoms with Crippen LogP contribution in [0.5, 0.6) is 0 Å². The second-order valence-corrected chi connectivity index (χ2v) is 48.9. The number of nitrogens with zero attached hydrogens (tertiary/aromatic N) is 3. The molecule has 9 heteroatoms. The highest BCUT2D eigenvalue weighted by Gasteiger charge is 2.28. The molecule has 3 heterocycles. The molecule has 644 valence electrons. The number of hydrogen-bond acceptors (Lipinski definition) is 3. The summed E-state index contributed by atoms with van der Waals surface area (Å²) in [4.78, 5) is 15.6. The molecule has 3 nitrogen and oxygen atoms in total.